The number of rotatable bonds is 17. The van der Waals surface area contributed by atoms with Crippen LogP contribution in [0.3, 0.4) is 0 Å². The van der Waals surface area contributed by atoms with E-state index in [4.69, 9.17) is 5.73 Å². The fourth-order valence-electron chi connectivity index (χ4n) is 3.91. The summed E-state index contributed by atoms with van der Waals surface area (Å²) in [6.07, 6.45) is 24.3. The standard InChI is InChI=1S/C22H47N3/c1-2-3-4-5-6-7-8-9-10-11-12-13-14-15-16-17-20-25-21-18-19-24-22(25)23/h22,24H,2-21,23H2,1H3. The molecule has 25 heavy (non-hydrogen) atoms. The SMILES string of the molecule is CCCCCCCCCCCCCCCCCCN1CCCNC1N. The molecule has 3 nitrogen and oxygen atoms in total. The van der Waals surface area contributed by atoms with Gasteiger partial charge >= 0.3 is 0 Å². The molecule has 1 aliphatic rings. The van der Waals surface area contributed by atoms with Crippen LogP contribution in [0.4, 0.5) is 0 Å². The second-order valence-corrected chi connectivity index (χ2v) is 8.09. The molecule has 0 bridgehead atoms. The molecule has 1 fully saturated rings. The number of nitrogens with one attached hydrogen (secondary N) is 1. The number of hydrogen-bond donors (Lipinski definition) is 2. The third-order valence-corrected chi connectivity index (χ3v) is 5.67. The first-order chi connectivity index (χ1) is 12.3. The Balaban J connectivity index is 1.70. The van der Waals surface area contributed by atoms with Gasteiger partial charge in [0, 0.05) is 13.1 Å². The van der Waals surface area contributed by atoms with Gasteiger partial charge in [-0.25, -0.2) is 0 Å². The van der Waals surface area contributed by atoms with Crippen molar-refractivity contribution in [2.24, 2.45) is 5.73 Å². The van der Waals surface area contributed by atoms with E-state index in [-0.39, 0.29) is 6.29 Å². The van der Waals surface area contributed by atoms with Gasteiger partial charge in [-0.2, -0.15) is 0 Å². The van der Waals surface area contributed by atoms with Crippen molar-refractivity contribution in [1.29, 1.82) is 0 Å². The fraction of sp³-hybridized carbons (Fsp3) is 1.00. The molecule has 0 radical (unpaired) electrons. The molecule has 0 aromatic heterocycles. The maximum Gasteiger partial charge on any atom is 0.111 e. The normalized spacial score (nSPS) is 18.7. The van der Waals surface area contributed by atoms with E-state index in [1.54, 1.807) is 0 Å². The Morgan fingerprint density at radius 2 is 1.16 bits per heavy atom. The summed E-state index contributed by atoms with van der Waals surface area (Å²) in [7, 11) is 0. The molecule has 3 N–H and O–H groups in total. The number of nitrogens with two attached hydrogens (primary N) is 1. The predicted molar refractivity (Wildman–Crippen MR) is 112 cm³/mol. The average molecular weight is 354 g/mol. The summed E-state index contributed by atoms with van der Waals surface area (Å²) in [5.41, 5.74) is 6.06. The molecule has 0 aromatic carbocycles. The molecule has 0 amide bonds. The Labute approximate surface area is 158 Å². The molecule has 1 saturated heterocycles. The lowest BCUT2D eigenvalue weighted by atomic mass is 10.0. The monoisotopic (exact) mass is 353 g/mol. The van der Waals surface area contributed by atoms with Crippen molar-refractivity contribution in [1.82, 2.24) is 10.2 Å². The highest BCUT2D eigenvalue weighted by molar-refractivity contribution is 4.70. The average Bonchev–Trinajstić information content (AvgIpc) is 2.63. The van der Waals surface area contributed by atoms with E-state index >= 15 is 0 Å². The van der Waals surface area contributed by atoms with Gasteiger partial charge in [0.15, 0.2) is 0 Å². The van der Waals surface area contributed by atoms with E-state index in [1.165, 1.54) is 122 Å². The lowest BCUT2D eigenvalue weighted by molar-refractivity contribution is 0.132. The topological polar surface area (TPSA) is 41.3 Å². The van der Waals surface area contributed by atoms with Crippen LogP contribution >= 0.6 is 0 Å². The van der Waals surface area contributed by atoms with Gasteiger partial charge in [0.25, 0.3) is 0 Å². The molecule has 0 aliphatic carbocycles. The molecule has 0 aromatic rings. The first-order valence-corrected chi connectivity index (χ1v) is 11.6. The van der Waals surface area contributed by atoms with Crippen LogP contribution in [0, 0.1) is 0 Å². The minimum Gasteiger partial charge on any atom is -0.303 e. The second-order valence-electron chi connectivity index (χ2n) is 8.09. The number of nitrogens with zero attached hydrogens (tertiary/aromatic N) is 1. The molecule has 1 rings (SSSR count). The Kier molecular flexibility index (Phi) is 15.9. The first-order valence-electron chi connectivity index (χ1n) is 11.6. The summed E-state index contributed by atoms with van der Waals surface area (Å²) in [4.78, 5) is 2.40. The molecular formula is C22H47N3. The summed E-state index contributed by atoms with van der Waals surface area (Å²) in [5, 5.41) is 3.34. The summed E-state index contributed by atoms with van der Waals surface area (Å²) in [6.45, 7) is 5.72. The molecule has 3 heteroatoms. The van der Waals surface area contributed by atoms with Crippen LogP contribution in [-0.2, 0) is 0 Å². The van der Waals surface area contributed by atoms with Gasteiger partial charge in [0.2, 0.25) is 0 Å². The molecule has 0 saturated carbocycles. The zero-order valence-electron chi connectivity index (χ0n) is 17.2. The summed E-state index contributed by atoms with van der Waals surface area (Å²) < 4.78 is 0. The quantitative estimate of drug-likeness (QED) is 0.325. The highest BCUT2D eigenvalue weighted by atomic mass is 15.3. The van der Waals surface area contributed by atoms with Crippen LogP contribution in [0.1, 0.15) is 116 Å². The van der Waals surface area contributed by atoms with Crippen LogP contribution in [0.15, 0.2) is 0 Å². The largest absolute Gasteiger partial charge is 0.303 e. The summed E-state index contributed by atoms with van der Waals surface area (Å²) in [5.74, 6) is 0. The fourth-order valence-corrected chi connectivity index (χ4v) is 3.91. The second kappa shape index (κ2) is 17.3. The molecule has 1 heterocycles. The number of hydrogen-bond acceptors (Lipinski definition) is 3. The first kappa shape index (κ1) is 22.9. The van der Waals surface area contributed by atoms with Crippen molar-refractivity contribution in [2.45, 2.75) is 122 Å². The zero-order chi connectivity index (χ0) is 18.0. The lowest BCUT2D eigenvalue weighted by Gasteiger charge is -2.33. The predicted octanol–water partition coefficient (Wildman–Crippen LogP) is 5.79. The molecule has 1 atom stereocenters. The summed E-state index contributed by atoms with van der Waals surface area (Å²) in [6, 6.07) is 0. The van der Waals surface area contributed by atoms with Crippen molar-refractivity contribution < 1.29 is 0 Å². The van der Waals surface area contributed by atoms with Gasteiger partial charge in [-0.3, -0.25) is 10.2 Å². The van der Waals surface area contributed by atoms with Crippen LogP contribution in [0.5, 0.6) is 0 Å². The Hall–Kier alpha value is -0.120. The Morgan fingerprint density at radius 1 is 0.720 bits per heavy atom. The van der Waals surface area contributed by atoms with Crippen molar-refractivity contribution in [3.8, 4) is 0 Å². The van der Waals surface area contributed by atoms with Gasteiger partial charge in [-0.05, 0) is 19.4 Å². The molecular weight excluding hydrogens is 306 g/mol. The maximum absolute atomic E-state index is 6.06. The van der Waals surface area contributed by atoms with Crippen LogP contribution in [0.25, 0.3) is 0 Å². The molecule has 0 spiro atoms. The van der Waals surface area contributed by atoms with Crippen molar-refractivity contribution in [3.63, 3.8) is 0 Å². The van der Waals surface area contributed by atoms with E-state index in [9.17, 15) is 0 Å². The van der Waals surface area contributed by atoms with Gasteiger partial charge in [0.1, 0.15) is 6.29 Å². The Morgan fingerprint density at radius 3 is 1.60 bits per heavy atom. The minimum absolute atomic E-state index is 0.102. The van der Waals surface area contributed by atoms with Crippen molar-refractivity contribution in [2.75, 3.05) is 19.6 Å². The molecule has 1 unspecified atom stereocenters. The zero-order valence-corrected chi connectivity index (χ0v) is 17.2. The minimum atomic E-state index is 0.102. The van der Waals surface area contributed by atoms with Gasteiger partial charge in [-0.15, -0.1) is 0 Å². The molecule has 150 valence electrons. The summed E-state index contributed by atoms with van der Waals surface area (Å²) >= 11 is 0. The third-order valence-electron chi connectivity index (χ3n) is 5.67. The van der Waals surface area contributed by atoms with Crippen molar-refractivity contribution in [3.05, 3.63) is 0 Å². The Bertz CT molecular complexity index is 270. The van der Waals surface area contributed by atoms with Gasteiger partial charge in [-0.1, -0.05) is 103 Å². The maximum atomic E-state index is 6.06. The van der Waals surface area contributed by atoms with E-state index in [0.29, 0.717) is 0 Å². The van der Waals surface area contributed by atoms with Gasteiger partial charge < -0.3 is 5.73 Å². The number of unbranched alkanes of at least 4 members (excludes halogenated alkanes) is 15. The smallest absolute Gasteiger partial charge is 0.111 e. The van der Waals surface area contributed by atoms with Crippen molar-refractivity contribution >= 4 is 0 Å². The van der Waals surface area contributed by atoms with E-state index in [1.807, 2.05) is 0 Å². The molecule has 1 aliphatic heterocycles. The highest BCUT2D eigenvalue weighted by Gasteiger charge is 2.16. The van der Waals surface area contributed by atoms with Crippen LogP contribution in [0.2, 0.25) is 0 Å². The lowest BCUT2D eigenvalue weighted by Crippen LogP contribution is -2.56. The third kappa shape index (κ3) is 13.7. The van der Waals surface area contributed by atoms with Crippen LogP contribution < -0.4 is 11.1 Å². The highest BCUT2D eigenvalue weighted by Crippen LogP contribution is 2.14. The van der Waals surface area contributed by atoms with Gasteiger partial charge in [0.05, 0.1) is 0 Å². The van der Waals surface area contributed by atoms with Crippen LogP contribution in [-0.4, -0.2) is 30.8 Å². The van der Waals surface area contributed by atoms with E-state index < -0.39 is 0 Å². The van der Waals surface area contributed by atoms with E-state index in [2.05, 4.69) is 17.1 Å². The van der Waals surface area contributed by atoms with E-state index in [0.717, 1.165) is 6.54 Å².